The molecule has 0 radical (unpaired) electrons. The Labute approximate surface area is 102 Å². The summed E-state index contributed by atoms with van der Waals surface area (Å²) in [7, 11) is 1.94. The van der Waals surface area contributed by atoms with Gasteiger partial charge in [0.2, 0.25) is 0 Å². The Morgan fingerprint density at radius 2 is 2.18 bits per heavy atom. The number of ketones is 1. The highest BCUT2D eigenvalue weighted by Gasteiger charge is 2.08. The van der Waals surface area contributed by atoms with Crippen molar-refractivity contribution in [2.75, 3.05) is 24.2 Å². The molecular formula is C13H20N2O2. The smallest absolute Gasteiger partial charge is 0.161 e. The van der Waals surface area contributed by atoms with Crippen LogP contribution in [0, 0.1) is 0 Å². The van der Waals surface area contributed by atoms with Crippen molar-refractivity contribution >= 4 is 17.2 Å². The Kier molecular flexibility index (Phi) is 4.52. The molecule has 1 aromatic rings. The van der Waals surface area contributed by atoms with Crippen LogP contribution in [0.2, 0.25) is 0 Å². The van der Waals surface area contributed by atoms with Gasteiger partial charge in [0.25, 0.3) is 0 Å². The van der Waals surface area contributed by atoms with Crippen LogP contribution < -0.4 is 10.6 Å². The summed E-state index contributed by atoms with van der Waals surface area (Å²) in [6.45, 7) is 4.01. The molecule has 4 nitrogen and oxygen atoms in total. The molecule has 0 amide bonds. The number of carbonyl (C=O) groups excluding carboxylic acids is 1. The normalized spacial score (nSPS) is 12.2. The lowest BCUT2D eigenvalue weighted by Gasteiger charge is -2.21. The number of hydrogen-bond acceptors (Lipinski definition) is 4. The third-order valence-electron chi connectivity index (χ3n) is 2.74. The number of aliphatic hydroxyl groups excluding tert-OH is 1. The second-order valence-corrected chi connectivity index (χ2v) is 4.39. The Morgan fingerprint density at radius 3 is 2.65 bits per heavy atom. The predicted octanol–water partition coefficient (Wildman–Crippen LogP) is 1.68. The van der Waals surface area contributed by atoms with Gasteiger partial charge in [-0.1, -0.05) is 0 Å². The number of hydrogen-bond donors (Lipinski definition) is 2. The fraction of sp³-hybridized carbons (Fsp3) is 0.462. The SMILES string of the molecule is CC(=O)c1ccc(N(C)CCC(C)O)cc1N. The van der Waals surface area contributed by atoms with Crippen LogP contribution in [0.1, 0.15) is 30.6 Å². The van der Waals surface area contributed by atoms with E-state index in [1.165, 1.54) is 6.92 Å². The summed E-state index contributed by atoms with van der Waals surface area (Å²) >= 11 is 0. The van der Waals surface area contributed by atoms with E-state index in [2.05, 4.69) is 0 Å². The van der Waals surface area contributed by atoms with E-state index in [0.29, 0.717) is 17.7 Å². The third-order valence-corrected chi connectivity index (χ3v) is 2.74. The van der Waals surface area contributed by atoms with Crippen LogP contribution >= 0.6 is 0 Å². The molecule has 0 aliphatic rings. The second-order valence-electron chi connectivity index (χ2n) is 4.39. The Balaban J connectivity index is 2.79. The molecule has 0 bridgehead atoms. The van der Waals surface area contributed by atoms with Crippen molar-refractivity contribution in [3.8, 4) is 0 Å². The molecule has 17 heavy (non-hydrogen) atoms. The van der Waals surface area contributed by atoms with Crippen molar-refractivity contribution < 1.29 is 9.90 Å². The number of aliphatic hydroxyl groups is 1. The lowest BCUT2D eigenvalue weighted by molar-refractivity contribution is 0.101. The number of nitrogens with two attached hydrogens (primary N) is 1. The van der Waals surface area contributed by atoms with Gasteiger partial charge < -0.3 is 15.7 Å². The van der Waals surface area contributed by atoms with Crippen LogP contribution in [0.4, 0.5) is 11.4 Å². The van der Waals surface area contributed by atoms with Gasteiger partial charge in [-0.15, -0.1) is 0 Å². The highest BCUT2D eigenvalue weighted by Crippen LogP contribution is 2.21. The molecule has 1 rings (SSSR count). The van der Waals surface area contributed by atoms with Gasteiger partial charge in [0.05, 0.1) is 6.10 Å². The number of carbonyl (C=O) groups is 1. The van der Waals surface area contributed by atoms with E-state index in [0.717, 1.165) is 12.2 Å². The topological polar surface area (TPSA) is 66.6 Å². The number of benzene rings is 1. The molecule has 0 fully saturated rings. The molecule has 0 spiro atoms. The van der Waals surface area contributed by atoms with E-state index < -0.39 is 0 Å². The molecule has 1 aromatic carbocycles. The zero-order valence-electron chi connectivity index (χ0n) is 10.6. The summed E-state index contributed by atoms with van der Waals surface area (Å²) in [6.07, 6.45) is 0.386. The molecule has 0 aromatic heterocycles. The van der Waals surface area contributed by atoms with Crippen molar-refractivity contribution in [1.82, 2.24) is 0 Å². The van der Waals surface area contributed by atoms with Crippen molar-refractivity contribution in [1.29, 1.82) is 0 Å². The third kappa shape index (κ3) is 3.75. The zero-order valence-corrected chi connectivity index (χ0v) is 10.6. The Morgan fingerprint density at radius 1 is 1.53 bits per heavy atom. The summed E-state index contributed by atoms with van der Waals surface area (Å²) in [5.41, 5.74) is 7.82. The number of nitrogen functional groups attached to an aromatic ring is 1. The average molecular weight is 236 g/mol. The average Bonchev–Trinajstić information content (AvgIpc) is 2.25. The summed E-state index contributed by atoms with van der Waals surface area (Å²) in [4.78, 5) is 13.2. The molecule has 0 aliphatic carbocycles. The van der Waals surface area contributed by atoms with Gasteiger partial charge in [0.1, 0.15) is 0 Å². The molecule has 0 aliphatic heterocycles. The van der Waals surface area contributed by atoms with E-state index in [-0.39, 0.29) is 11.9 Å². The van der Waals surface area contributed by atoms with Crippen molar-refractivity contribution in [2.45, 2.75) is 26.4 Å². The van der Waals surface area contributed by atoms with Crippen LogP contribution in [-0.2, 0) is 0 Å². The van der Waals surface area contributed by atoms with Gasteiger partial charge in [-0.05, 0) is 38.5 Å². The van der Waals surface area contributed by atoms with Crippen LogP contribution in [-0.4, -0.2) is 30.6 Å². The first-order valence-electron chi connectivity index (χ1n) is 5.71. The van der Waals surface area contributed by atoms with Gasteiger partial charge in [-0.25, -0.2) is 0 Å². The molecule has 1 atom stereocenters. The molecule has 94 valence electrons. The zero-order chi connectivity index (χ0) is 13.0. The van der Waals surface area contributed by atoms with Gasteiger partial charge in [0, 0.05) is 30.5 Å². The number of anilines is 2. The van der Waals surface area contributed by atoms with Gasteiger partial charge in [-0.2, -0.15) is 0 Å². The molecule has 1 unspecified atom stereocenters. The fourth-order valence-electron chi connectivity index (χ4n) is 1.62. The van der Waals surface area contributed by atoms with E-state index in [4.69, 9.17) is 5.73 Å². The van der Waals surface area contributed by atoms with E-state index >= 15 is 0 Å². The highest BCUT2D eigenvalue weighted by molar-refractivity contribution is 5.99. The molecule has 3 N–H and O–H groups in total. The van der Waals surface area contributed by atoms with Crippen LogP contribution in [0.15, 0.2) is 18.2 Å². The molecule has 0 heterocycles. The Bertz CT molecular complexity index is 402. The van der Waals surface area contributed by atoms with Crippen LogP contribution in [0.3, 0.4) is 0 Å². The second kappa shape index (κ2) is 5.68. The lowest BCUT2D eigenvalue weighted by Crippen LogP contribution is -2.22. The van der Waals surface area contributed by atoms with Crippen molar-refractivity contribution in [2.24, 2.45) is 0 Å². The van der Waals surface area contributed by atoms with Gasteiger partial charge >= 0.3 is 0 Å². The standard InChI is InChI=1S/C13H20N2O2/c1-9(16)6-7-15(3)11-4-5-12(10(2)17)13(14)8-11/h4-5,8-9,16H,6-7,14H2,1-3H3. The first kappa shape index (κ1) is 13.5. The van der Waals surface area contributed by atoms with Gasteiger partial charge in [-0.3, -0.25) is 4.79 Å². The first-order chi connectivity index (χ1) is 7.91. The van der Waals surface area contributed by atoms with Crippen LogP contribution in [0.5, 0.6) is 0 Å². The maximum Gasteiger partial charge on any atom is 0.161 e. The molecule has 0 saturated heterocycles. The largest absolute Gasteiger partial charge is 0.398 e. The van der Waals surface area contributed by atoms with Gasteiger partial charge in [0.15, 0.2) is 5.78 Å². The minimum Gasteiger partial charge on any atom is -0.398 e. The molecule has 4 heteroatoms. The van der Waals surface area contributed by atoms with E-state index in [9.17, 15) is 9.90 Å². The fourth-order valence-corrected chi connectivity index (χ4v) is 1.62. The molecular weight excluding hydrogens is 216 g/mol. The van der Waals surface area contributed by atoms with Crippen LogP contribution in [0.25, 0.3) is 0 Å². The predicted molar refractivity (Wildman–Crippen MR) is 70.4 cm³/mol. The maximum atomic E-state index is 11.2. The van der Waals surface area contributed by atoms with E-state index in [1.54, 1.807) is 19.1 Å². The number of Topliss-reactive ketones (excluding diaryl/α,β-unsaturated/α-hetero) is 1. The molecule has 0 saturated carbocycles. The Hall–Kier alpha value is -1.55. The quantitative estimate of drug-likeness (QED) is 0.603. The summed E-state index contributed by atoms with van der Waals surface area (Å²) in [6, 6.07) is 5.40. The minimum absolute atomic E-state index is 0.0271. The maximum absolute atomic E-state index is 11.2. The summed E-state index contributed by atoms with van der Waals surface area (Å²) < 4.78 is 0. The summed E-state index contributed by atoms with van der Waals surface area (Å²) in [5.74, 6) is -0.0271. The minimum atomic E-state index is -0.314. The monoisotopic (exact) mass is 236 g/mol. The highest BCUT2D eigenvalue weighted by atomic mass is 16.3. The first-order valence-corrected chi connectivity index (χ1v) is 5.71. The van der Waals surface area contributed by atoms with Crippen molar-refractivity contribution in [3.05, 3.63) is 23.8 Å². The van der Waals surface area contributed by atoms with E-state index in [1.807, 2.05) is 18.0 Å². The number of nitrogens with zero attached hydrogens (tertiary/aromatic N) is 1. The van der Waals surface area contributed by atoms with Crippen molar-refractivity contribution in [3.63, 3.8) is 0 Å². The summed E-state index contributed by atoms with van der Waals surface area (Å²) in [5, 5.41) is 9.22. The number of rotatable bonds is 5. The lowest BCUT2D eigenvalue weighted by atomic mass is 10.1.